The van der Waals surface area contributed by atoms with E-state index in [1.165, 1.54) is 13.0 Å². The third-order valence-corrected chi connectivity index (χ3v) is 2.21. The standard InChI is InChI=1S/C10H7F5N2/c1-5-8(9(11)12)6(2-3-16)7(4-17-5)10(13,14)15/h4,9H,2H2,1H3. The molecule has 17 heavy (non-hydrogen) atoms. The molecule has 0 radical (unpaired) electrons. The zero-order chi connectivity index (χ0) is 13.2. The van der Waals surface area contributed by atoms with Crippen LogP contribution in [0.4, 0.5) is 22.0 Å². The monoisotopic (exact) mass is 250 g/mol. The maximum Gasteiger partial charge on any atom is 0.418 e. The maximum atomic E-state index is 12.7. The van der Waals surface area contributed by atoms with Crippen molar-refractivity contribution < 1.29 is 22.0 Å². The number of alkyl halides is 5. The van der Waals surface area contributed by atoms with Crippen molar-refractivity contribution in [3.63, 3.8) is 0 Å². The Labute approximate surface area is 93.7 Å². The Hall–Kier alpha value is -1.71. The van der Waals surface area contributed by atoms with E-state index in [0.29, 0.717) is 6.20 Å². The summed E-state index contributed by atoms with van der Waals surface area (Å²) in [5, 5.41) is 8.42. The Morgan fingerprint density at radius 2 is 2.00 bits per heavy atom. The number of nitriles is 1. The molecule has 92 valence electrons. The normalized spacial score (nSPS) is 11.6. The van der Waals surface area contributed by atoms with Gasteiger partial charge in [0.05, 0.1) is 18.1 Å². The summed E-state index contributed by atoms with van der Waals surface area (Å²) < 4.78 is 63.0. The van der Waals surface area contributed by atoms with Gasteiger partial charge in [-0.2, -0.15) is 18.4 Å². The highest BCUT2D eigenvalue weighted by molar-refractivity contribution is 5.40. The topological polar surface area (TPSA) is 36.7 Å². The number of hydrogen-bond donors (Lipinski definition) is 0. The molecule has 0 aromatic carbocycles. The van der Waals surface area contributed by atoms with Gasteiger partial charge in [-0.1, -0.05) is 0 Å². The summed E-state index contributed by atoms with van der Waals surface area (Å²) in [6, 6.07) is 1.46. The Balaban J connectivity index is 3.54. The average Bonchev–Trinajstić information content (AvgIpc) is 2.15. The predicted octanol–water partition coefficient (Wildman–Crippen LogP) is 3.41. The van der Waals surface area contributed by atoms with Crippen molar-refractivity contribution in [3.05, 3.63) is 28.6 Å². The largest absolute Gasteiger partial charge is 0.418 e. The third kappa shape index (κ3) is 2.70. The Morgan fingerprint density at radius 1 is 1.41 bits per heavy atom. The smallest absolute Gasteiger partial charge is 0.260 e. The maximum absolute atomic E-state index is 12.7. The van der Waals surface area contributed by atoms with Gasteiger partial charge in [-0.15, -0.1) is 0 Å². The van der Waals surface area contributed by atoms with Gasteiger partial charge in [0.1, 0.15) is 0 Å². The number of aryl methyl sites for hydroxylation is 1. The van der Waals surface area contributed by atoms with Crippen LogP contribution in [0.25, 0.3) is 0 Å². The fourth-order valence-corrected chi connectivity index (χ4v) is 1.48. The molecule has 1 aromatic rings. The van der Waals surface area contributed by atoms with Crippen molar-refractivity contribution in [1.82, 2.24) is 4.98 Å². The number of rotatable bonds is 2. The molecule has 0 N–H and O–H groups in total. The number of halogens is 5. The number of nitrogens with zero attached hydrogens (tertiary/aromatic N) is 2. The Morgan fingerprint density at radius 3 is 2.41 bits per heavy atom. The van der Waals surface area contributed by atoms with Gasteiger partial charge in [0, 0.05) is 17.5 Å². The molecular formula is C10H7F5N2. The third-order valence-electron chi connectivity index (χ3n) is 2.21. The van der Waals surface area contributed by atoms with Crippen molar-refractivity contribution in [1.29, 1.82) is 5.26 Å². The first kappa shape index (κ1) is 13.4. The van der Waals surface area contributed by atoms with Crippen molar-refractivity contribution in [3.8, 4) is 6.07 Å². The highest BCUT2D eigenvalue weighted by Gasteiger charge is 2.36. The summed E-state index contributed by atoms with van der Waals surface area (Å²) in [4.78, 5) is 3.30. The summed E-state index contributed by atoms with van der Waals surface area (Å²) in [6.45, 7) is 1.18. The molecular weight excluding hydrogens is 243 g/mol. The molecule has 0 spiro atoms. The van der Waals surface area contributed by atoms with Gasteiger partial charge in [0.2, 0.25) is 0 Å². The minimum absolute atomic E-state index is 0.196. The minimum atomic E-state index is -4.80. The van der Waals surface area contributed by atoms with E-state index in [-0.39, 0.29) is 5.69 Å². The van der Waals surface area contributed by atoms with Crippen LogP contribution in [-0.4, -0.2) is 4.98 Å². The van der Waals surface area contributed by atoms with Crippen LogP contribution in [-0.2, 0) is 12.6 Å². The quantitative estimate of drug-likeness (QED) is 0.754. The molecule has 0 saturated carbocycles. The summed E-state index contributed by atoms with van der Waals surface area (Å²) in [5.74, 6) is 0. The van der Waals surface area contributed by atoms with Gasteiger partial charge < -0.3 is 0 Å². The molecule has 0 fully saturated rings. The minimum Gasteiger partial charge on any atom is -0.260 e. The molecule has 0 aliphatic carbocycles. The van der Waals surface area contributed by atoms with E-state index in [9.17, 15) is 22.0 Å². The summed E-state index contributed by atoms with van der Waals surface area (Å²) in [6.07, 6.45) is -8.13. The van der Waals surface area contributed by atoms with E-state index in [1.807, 2.05) is 0 Å². The lowest BCUT2D eigenvalue weighted by Crippen LogP contribution is -2.14. The van der Waals surface area contributed by atoms with Crippen LogP contribution in [0.5, 0.6) is 0 Å². The summed E-state index contributed by atoms with van der Waals surface area (Å²) in [5.41, 5.74) is -2.97. The van der Waals surface area contributed by atoms with E-state index in [0.717, 1.165) is 0 Å². The second-order valence-corrected chi connectivity index (χ2v) is 3.28. The zero-order valence-corrected chi connectivity index (χ0v) is 8.65. The highest BCUT2D eigenvalue weighted by atomic mass is 19.4. The van der Waals surface area contributed by atoms with Gasteiger partial charge in [-0.3, -0.25) is 4.98 Å². The van der Waals surface area contributed by atoms with E-state index in [1.54, 1.807) is 0 Å². The molecule has 1 heterocycles. The first-order chi connectivity index (χ1) is 7.79. The van der Waals surface area contributed by atoms with Crippen LogP contribution in [0.15, 0.2) is 6.20 Å². The lowest BCUT2D eigenvalue weighted by atomic mass is 9.99. The van der Waals surface area contributed by atoms with E-state index < -0.39 is 35.7 Å². The van der Waals surface area contributed by atoms with Gasteiger partial charge in [0.25, 0.3) is 6.43 Å². The first-order valence-electron chi connectivity index (χ1n) is 4.49. The summed E-state index contributed by atoms with van der Waals surface area (Å²) >= 11 is 0. The molecule has 0 saturated heterocycles. The number of aromatic nitrogens is 1. The molecule has 2 nitrogen and oxygen atoms in total. The van der Waals surface area contributed by atoms with Crippen LogP contribution in [0.2, 0.25) is 0 Å². The van der Waals surface area contributed by atoms with Gasteiger partial charge in [0.15, 0.2) is 0 Å². The second-order valence-electron chi connectivity index (χ2n) is 3.28. The van der Waals surface area contributed by atoms with Crippen molar-refractivity contribution in [2.75, 3.05) is 0 Å². The number of hydrogen-bond acceptors (Lipinski definition) is 2. The Kier molecular flexibility index (Phi) is 3.66. The van der Waals surface area contributed by atoms with E-state index in [4.69, 9.17) is 5.26 Å². The SMILES string of the molecule is Cc1ncc(C(F)(F)F)c(CC#N)c1C(F)F. The zero-order valence-electron chi connectivity index (χ0n) is 8.65. The van der Waals surface area contributed by atoms with Gasteiger partial charge >= 0.3 is 6.18 Å². The molecule has 0 atom stereocenters. The first-order valence-corrected chi connectivity index (χ1v) is 4.49. The Bertz CT molecular complexity index is 459. The van der Waals surface area contributed by atoms with Crippen LogP contribution >= 0.6 is 0 Å². The summed E-state index contributed by atoms with van der Waals surface area (Å²) in [7, 11) is 0. The van der Waals surface area contributed by atoms with E-state index in [2.05, 4.69) is 4.98 Å². The second kappa shape index (κ2) is 4.65. The molecule has 1 rings (SSSR count). The molecule has 0 unspecified atom stereocenters. The van der Waals surface area contributed by atoms with Crippen LogP contribution in [0.1, 0.15) is 28.8 Å². The highest BCUT2D eigenvalue weighted by Crippen LogP contribution is 2.36. The molecule has 0 aliphatic rings. The predicted molar refractivity (Wildman–Crippen MR) is 48.3 cm³/mol. The molecule has 0 aliphatic heterocycles. The van der Waals surface area contributed by atoms with Crippen LogP contribution in [0, 0.1) is 18.3 Å². The average molecular weight is 250 g/mol. The van der Waals surface area contributed by atoms with Gasteiger partial charge in [-0.25, -0.2) is 8.78 Å². The molecule has 0 amide bonds. The number of pyridine rings is 1. The van der Waals surface area contributed by atoms with Crippen LogP contribution < -0.4 is 0 Å². The fraction of sp³-hybridized carbons (Fsp3) is 0.400. The molecule has 0 bridgehead atoms. The lowest BCUT2D eigenvalue weighted by Gasteiger charge is -2.15. The van der Waals surface area contributed by atoms with Crippen molar-refractivity contribution in [2.24, 2.45) is 0 Å². The lowest BCUT2D eigenvalue weighted by molar-refractivity contribution is -0.138. The van der Waals surface area contributed by atoms with Crippen molar-refractivity contribution >= 4 is 0 Å². The van der Waals surface area contributed by atoms with Gasteiger partial charge in [-0.05, 0) is 12.5 Å². The molecule has 1 aromatic heterocycles. The van der Waals surface area contributed by atoms with E-state index >= 15 is 0 Å². The van der Waals surface area contributed by atoms with Crippen LogP contribution in [0.3, 0.4) is 0 Å². The fourth-order valence-electron chi connectivity index (χ4n) is 1.48. The molecule has 7 heteroatoms. The van der Waals surface area contributed by atoms with Crippen molar-refractivity contribution in [2.45, 2.75) is 25.9 Å².